The molecule has 2 fully saturated rings. The third-order valence-electron chi connectivity index (χ3n) is 3.36. The molecule has 1 aromatic rings. The molecule has 0 bridgehead atoms. The van der Waals surface area contributed by atoms with Gasteiger partial charge in [-0.3, -0.25) is 4.68 Å². The van der Waals surface area contributed by atoms with E-state index in [4.69, 9.17) is 4.74 Å². The smallest absolute Gasteiger partial charge is 0.0986 e. The Bertz CT molecular complexity index is 362. The standard InChI is InChI=1S/C12H19N3O/c1-9-6-14(2)8-12(16-9)10-5-13-15(7-10)11-3-4-11/h5,7,9,11-12H,3-4,6,8H2,1-2H3/t9-,12-/m1/s1. The lowest BCUT2D eigenvalue weighted by Crippen LogP contribution is -2.40. The van der Waals surface area contributed by atoms with E-state index in [0.717, 1.165) is 13.1 Å². The SMILES string of the molecule is C[C@@H]1CN(C)C[C@H](c2cnn(C3CC3)c2)O1. The van der Waals surface area contributed by atoms with E-state index in [2.05, 4.69) is 34.8 Å². The maximum atomic E-state index is 5.96. The van der Waals surface area contributed by atoms with E-state index in [1.54, 1.807) is 0 Å². The molecular weight excluding hydrogens is 202 g/mol. The van der Waals surface area contributed by atoms with Crippen LogP contribution in [0.25, 0.3) is 0 Å². The molecule has 0 N–H and O–H groups in total. The molecule has 4 nitrogen and oxygen atoms in total. The molecule has 1 aliphatic heterocycles. The van der Waals surface area contributed by atoms with Crippen molar-refractivity contribution in [3.63, 3.8) is 0 Å². The number of rotatable bonds is 2. The van der Waals surface area contributed by atoms with Gasteiger partial charge in [0, 0.05) is 24.8 Å². The Labute approximate surface area is 96.2 Å². The number of nitrogens with zero attached hydrogens (tertiary/aromatic N) is 3. The normalized spacial score (nSPS) is 31.9. The summed E-state index contributed by atoms with van der Waals surface area (Å²) in [5.74, 6) is 0. The molecule has 3 rings (SSSR count). The highest BCUT2D eigenvalue weighted by Gasteiger charge is 2.28. The number of likely N-dealkylation sites (N-methyl/N-ethyl adjacent to an activating group) is 1. The van der Waals surface area contributed by atoms with E-state index in [1.807, 2.05) is 6.20 Å². The Morgan fingerprint density at radius 2 is 2.19 bits per heavy atom. The van der Waals surface area contributed by atoms with Crippen LogP contribution in [0.3, 0.4) is 0 Å². The number of aromatic nitrogens is 2. The fourth-order valence-corrected chi connectivity index (χ4v) is 2.40. The molecule has 16 heavy (non-hydrogen) atoms. The molecule has 2 aliphatic rings. The van der Waals surface area contributed by atoms with E-state index in [1.165, 1.54) is 18.4 Å². The minimum atomic E-state index is 0.196. The lowest BCUT2D eigenvalue weighted by molar-refractivity contribution is -0.0715. The highest BCUT2D eigenvalue weighted by Crippen LogP contribution is 2.35. The van der Waals surface area contributed by atoms with Crippen LogP contribution in [0.15, 0.2) is 12.4 Å². The lowest BCUT2D eigenvalue weighted by atomic mass is 10.1. The van der Waals surface area contributed by atoms with Gasteiger partial charge in [-0.25, -0.2) is 0 Å². The van der Waals surface area contributed by atoms with Crippen molar-refractivity contribution >= 4 is 0 Å². The van der Waals surface area contributed by atoms with E-state index < -0.39 is 0 Å². The summed E-state index contributed by atoms with van der Waals surface area (Å²) >= 11 is 0. The topological polar surface area (TPSA) is 30.3 Å². The summed E-state index contributed by atoms with van der Waals surface area (Å²) in [5, 5.41) is 4.42. The van der Waals surface area contributed by atoms with Crippen molar-refractivity contribution < 1.29 is 4.74 Å². The molecule has 2 atom stereocenters. The fourth-order valence-electron chi connectivity index (χ4n) is 2.40. The average molecular weight is 221 g/mol. The summed E-state index contributed by atoms with van der Waals surface area (Å²) in [6, 6.07) is 0.660. The summed E-state index contributed by atoms with van der Waals surface area (Å²) in [6.07, 6.45) is 7.20. The Hall–Kier alpha value is -0.870. The maximum Gasteiger partial charge on any atom is 0.0986 e. The van der Waals surface area contributed by atoms with Gasteiger partial charge in [-0.15, -0.1) is 0 Å². The highest BCUT2D eigenvalue weighted by atomic mass is 16.5. The summed E-state index contributed by atoms with van der Waals surface area (Å²) in [4.78, 5) is 2.33. The third kappa shape index (κ3) is 1.99. The predicted octanol–water partition coefficient (Wildman–Crippen LogP) is 1.61. The van der Waals surface area contributed by atoms with Gasteiger partial charge in [0.2, 0.25) is 0 Å². The minimum absolute atomic E-state index is 0.196. The summed E-state index contributed by atoms with van der Waals surface area (Å²) in [6.45, 7) is 4.13. The van der Waals surface area contributed by atoms with E-state index in [-0.39, 0.29) is 6.10 Å². The van der Waals surface area contributed by atoms with E-state index >= 15 is 0 Å². The average Bonchev–Trinajstić information content (AvgIpc) is 2.95. The Morgan fingerprint density at radius 3 is 2.88 bits per heavy atom. The van der Waals surface area contributed by atoms with E-state index in [0.29, 0.717) is 12.1 Å². The fraction of sp³-hybridized carbons (Fsp3) is 0.750. The monoisotopic (exact) mass is 221 g/mol. The van der Waals surface area contributed by atoms with E-state index in [9.17, 15) is 0 Å². The zero-order valence-electron chi connectivity index (χ0n) is 9.97. The quantitative estimate of drug-likeness (QED) is 0.760. The zero-order valence-corrected chi connectivity index (χ0v) is 9.97. The van der Waals surface area contributed by atoms with Crippen molar-refractivity contribution in [2.45, 2.75) is 38.0 Å². The number of hydrogen-bond acceptors (Lipinski definition) is 3. The van der Waals surface area contributed by atoms with Gasteiger partial charge in [0.25, 0.3) is 0 Å². The molecule has 0 spiro atoms. The first-order valence-corrected chi connectivity index (χ1v) is 6.10. The highest BCUT2D eigenvalue weighted by molar-refractivity contribution is 5.11. The molecule has 1 aromatic heterocycles. The van der Waals surface area contributed by atoms with Crippen LogP contribution in [0.1, 0.15) is 37.5 Å². The first kappa shape index (κ1) is 10.3. The van der Waals surface area contributed by atoms with Gasteiger partial charge in [-0.1, -0.05) is 0 Å². The first-order chi connectivity index (χ1) is 7.72. The van der Waals surface area contributed by atoms with Crippen LogP contribution in [0.2, 0.25) is 0 Å². The molecular formula is C12H19N3O. The molecule has 1 saturated heterocycles. The predicted molar refractivity (Wildman–Crippen MR) is 61.3 cm³/mol. The van der Waals surface area contributed by atoms with Crippen LogP contribution in [0, 0.1) is 0 Å². The number of hydrogen-bond donors (Lipinski definition) is 0. The molecule has 0 aromatic carbocycles. The molecule has 2 heterocycles. The van der Waals surface area contributed by atoms with Crippen LogP contribution in [-0.2, 0) is 4.74 Å². The molecule has 0 amide bonds. The van der Waals surface area contributed by atoms with Crippen molar-refractivity contribution in [1.29, 1.82) is 0 Å². The Morgan fingerprint density at radius 1 is 1.38 bits per heavy atom. The Kier molecular flexibility index (Phi) is 2.48. The summed E-state index contributed by atoms with van der Waals surface area (Å²) in [7, 11) is 2.15. The van der Waals surface area contributed by atoms with Gasteiger partial charge in [0.1, 0.15) is 0 Å². The molecule has 0 radical (unpaired) electrons. The van der Waals surface area contributed by atoms with Crippen molar-refractivity contribution in [2.75, 3.05) is 20.1 Å². The molecule has 88 valence electrons. The van der Waals surface area contributed by atoms with Crippen LogP contribution in [0.4, 0.5) is 0 Å². The largest absolute Gasteiger partial charge is 0.368 e. The van der Waals surface area contributed by atoms with Crippen LogP contribution < -0.4 is 0 Å². The second-order valence-electron chi connectivity index (χ2n) is 5.14. The second-order valence-corrected chi connectivity index (χ2v) is 5.14. The van der Waals surface area contributed by atoms with Gasteiger partial charge in [0.15, 0.2) is 0 Å². The minimum Gasteiger partial charge on any atom is -0.368 e. The summed E-state index contributed by atoms with van der Waals surface area (Å²) < 4.78 is 8.06. The summed E-state index contributed by atoms with van der Waals surface area (Å²) in [5.41, 5.74) is 1.23. The lowest BCUT2D eigenvalue weighted by Gasteiger charge is -2.34. The van der Waals surface area contributed by atoms with Crippen LogP contribution >= 0.6 is 0 Å². The van der Waals surface area contributed by atoms with Crippen LogP contribution in [-0.4, -0.2) is 40.9 Å². The zero-order chi connectivity index (χ0) is 11.1. The second kappa shape index (κ2) is 3.86. The van der Waals surface area contributed by atoms with Crippen LogP contribution in [0.5, 0.6) is 0 Å². The molecule has 1 aliphatic carbocycles. The maximum absolute atomic E-state index is 5.96. The van der Waals surface area contributed by atoms with Gasteiger partial charge in [-0.05, 0) is 26.8 Å². The van der Waals surface area contributed by atoms with Gasteiger partial charge in [0.05, 0.1) is 24.4 Å². The van der Waals surface area contributed by atoms with Crippen molar-refractivity contribution in [1.82, 2.24) is 14.7 Å². The Balaban J connectivity index is 1.74. The van der Waals surface area contributed by atoms with Crippen molar-refractivity contribution in [3.8, 4) is 0 Å². The number of ether oxygens (including phenoxy) is 1. The van der Waals surface area contributed by atoms with Gasteiger partial charge in [-0.2, -0.15) is 5.10 Å². The van der Waals surface area contributed by atoms with Gasteiger partial charge >= 0.3 is 0 Å². The van der Waals surface area contributed by atoms with Gasteiger partial charge < -0.3 is 9.64 Å². The first-order valence-electron chi connectivity index (χ1n) is 6.10. The number of morpholine rings is 1. The van der Waals surface area contributed by atoms with Crippen molar-refractivity contribution in [3.05, 3.63) is 18.0 Å². The molecule has 4 heteroatoms. The molecule has 0 unspecified atom stereocenters. The molecule has 1 saturated carbocycles. The third-order valence-corrected chi connectivity index (χ3v) is 3.36. The van der Waals surface area contributed by atoms with Crippen molar-refractivity contribution in [2.24, 2.45) is 0 Å².